The number of hydrogen-bond acceptors (Lipinski definition) is 3. The van der Waals surface area contributed by atoms with E-state index >= 15 is 0 Å². The van der Waals surface area contributed by atoms with Gasteiger partial charge < -0.3 is 14.8 Å². The van der Waals surface area contributed by atoms with Gasteiger partial charge in [-0.05, 0) is 50.0 Å². The summed E-state index contributed by atoms with van der Waals surface area (Å²) in [5.41, 5.74) is 1.41. The lowest BCUT2D eigenvalue weighted by molar-refractivity contribution is -0.119. The zero-order chi connectivity index (χ0) is 16.8. The zero-order valence-corrected chi connectivity index (χ0v) is 15.2. The van der Waals surface area contributed by atoms with E-state index in [-0.39, 0.29) is 6.04 Å². The van der Waals surface area contributed by atoms with Gasteiger partial charge in [0, 0.05) is 41.2 Å². The highest BCUT2D eigenvalue weighted by Crippen LogP contribution is 2.28. The van der Waals surface area contributed by atoms with Gasteiger partial charge in [-0.1, -0.05) is 15.9 Å². The Morgan fingerprint density at radius 1 is 1.25 bits per heavy atom. The van der Waals surface area contributed by atoms with Crippen molar-refractivity contribution in [2.24, 2.45) is 13.0 Å². The number of nitrogens with one attached hydrogen (secondary N) is 1. The molecule has 6 heteroatoms. The van der Waals surface area contributed by atoms with Crippen LogP contribution in [0.15, 0.2) is 28.9 Å². The van der Waals surface area contributed by atoms with Crippen LogP contribution in [0, 0.1) is 5.92 Å². The van der Waals surface area contributed by atoms with Crippen LogP contribution in [-0.4, -0.2) is 46.8 Å². The normalized spacial score (nSPS) is 25.8. The largest absolute Gasteiger partial charge is 0.350 e. The summed E-state index contributed by atoms with van der Waals surface area (Å²) >= 11 is 3.44. The molecule has 1 atom stereocenters. The summed E-state index contributed by atoms with van der Waals surface area (Å²) in [6.45, 7) is 3.09. The molecule has 1 N–H and O–H groups in total. The standard InChI is InChI=1S/C18H20BrN3O2/c1-21-9-14(13-8-12(19)2-3-16(13)21)17(23)18(24)20-15-10-22-6-4-11(15)5-7-22/h2-3,8-9,11,15H,4-7,10H2,1H3,(H,20,24)/t15-/m1/s1. The van der Waals surface area contributed by atoms with Crippen molar-refractivity contribution in [2.75, 3.05) is 19.6 Å². The van der Waals surface area contributed by atoms with Crippen LogP contribution >= 0.6 is 15.9 Å². The minimum Gasteiger partial charge on any atom is -0.350 e. The molecule has 3 saturated heterocycles. The number of Topliss-reactive ketones (excluding diaryl/α,β-unsaturated/α-hetero) is 1. The third-order valence-corrected chi connectivity index (χ3v) is 5.87. The van der Waals surface area contributed by atoms with Crippen molar-refractivity contribution in [1.82, 2.24) is 14.8 Å². The first-order valence-electron chi connectivity index (χ1n) is 8.35. The molecule has 4 heterocycles. The predicted octanol–water partition coefficient (Wildman–Crippen LogP) is 2.33. The highest BCUT2D eigenvalue weighted by Gasteiger charge is 2.36. The predicted molar refractivity (Wildman–Crippen MR) is 96.0 cm³/mol. The summed E-state index contributed by atoms with van der Waals surface area (Å²) in [5, 5.41) is 3.79. The van der Waals surface area contributed by atoms with E-state index in [1.54, 1.807) is 6.20 Å². The summed E-state index contributed by atoms with van der Waals surface area (Å²) in [6, 6.07) is 5.88. The Kier molecular flexibility index (Phi) is 3.96. The van der Waals surface area contributed by atoms with Crippen molar-refractivity contribution < 1.29 is 9.59 Å². The second kappa shape index (κ2) is 6.01. The van der Waals surface area contributed by atoms with Gasteiger partial charge >= 0.3 is 0 Å². The van der Waals surface area contributed by atoms with E-state index in [2.05, 4.69) is 26.1 Å². The molecule has 3 aliphatic heterocycles. The number of fused-ring (bicyclic) bond motifs is 4. The summed E-state index contributed by atoms with van der Waals surface area (Å²) in [4.78, 5) is 27.6. The number of benzene rings is 1. The summed E-state index contributed by atoms with van der Waals surface area (Å²) < 4.78 is 2.78. The highest BCUT2D eigenvalue weighted by atomic mass is 79.9. The fourth-order valence-corrected chi connectivity index (χ4v) is 4.39. The lowest BCUT2D eigenvalue weighted by atomic mass is 9.84. The van der Waals surface area contributed by atoms with E-state index in [0.29, 0.717) is 11.5 Å². The van der Waals surface area contributed by atoms with Crippen molar-refractivity contribution >= 4 is 38.5 Å². The second-order valence-corrected chi connectivity index (χ2v) is 7.78. The lowest BCUT2D eigenvalue weighted by Gasteiger charge is -2.44. The van der Waals surface area contributed by atoms with Gasteiger partial charge in [0.05, 0.1) is 5.56 Å². The van der Waals surface area contributed by atoms with Crippen molar-refractivity contribution in [2.45, 2.75) is 18.9 Å². The molecule has 0 aliphatic carbocycles. The Morgan fingerprint density at radius 3 is 2.67 bits per heavy atom. The van der Waals surface area contributed by atoms with E-state index in [9.17, 15) is 9.59 Å². The average molecular weight is 390 g/mol. The molecule has 24 heavy (non-hydrogen) atoms. The molecule has 5 nitrogen and oxygen atoms in total. The van der Waals surface area contributed by atoms with Crippen molar-refractivity contribution in [1.29, 1.82) is 0 Å². The third kappa shape index (κ3) is 2.67. The molecule has 1 aromatic carbocycles. The molecular weight excluding hydrogens is 370 g/mol. The van der Waals surface area contributed by atoms with Gasteiger partial charge in [-0.2, -0.15) is 0 Å². The Morgan fingerprint density at radius 2 is 2.00 bits per heavy atom. The molecule has 2 aromatic rings. The van der Waals surface area contributed by atoms with Crippen LogP contribution in [0.25, 0.3) is 10.9 Å². The maximum absolute atomic E-state index is 12.7. The second-order valence-electron chi connectivity index (χ2n) is 6.86. The van der Waals surface area contributed by atoms with Gasteiger partial charge in [0.1, 0.15) is 0 Å². The first-order chi connectivity index (χ1) is 11.5. The fourth-order valence-electron chi connectivity index (χ4n) is 4.03. The molecule has 1 amide bonds. The summed E-state index contributed by atoms with van der Waals surface area (Å²) in [5.74, 6) is -0.426. The third-order valence-electron chi connectivity index (χ3n) is 5.38. The topological polar surface area (TPSA) is 54.3 Å². The van der Waals surface area contributed by atoms with Crippen LogP contribution in [0.4, 0.5) is 0 Å². The Hall–Kier alpha value is -1.66. The van der Waals surface area contributed by atoms with Gasteiger partial charge in [0.15, 0.2) is 0 Å². The molecule has 0 saturated carbocycles. The maximum Gasteiger partial charge on any atom is 0.292 e. The number of hydrogen-bond donors (Lipinski definition) is 1. The maximum atomic E-state index is 12.7. The van der Waals surface area contributed by atoms with E-state index in [1.165, 1.54) is 0 Å². The number of rotatable bonds is 3. The molecule has 0 unspecified atom stereocenters. The van der Waals surface area contributed by atoms with Crippen LogP contribution in [0.2, 0.25) is 0 Å². The van der Waals surface area contributed by atoms with E-state index in [1.807, 2.05) is 29.8 Å². The van der Waals surface area contributed by atoms with E-state index in [4.69, 9.17) is 0 Å². The quantitative estimate of drug-likeness (QED) is 0.647. The van der Waals surface area contributed by atoms with Crippen molar-refractivity contribution in [3.8, 4) is 0 Å². The minimum absolute atomic E-state index is 0.102. The molecule has 0 spiro atoms. The van der Waals surface area contributed by atoms with Crippen molar-refractivity contribution in [3.05, 3.63) is 34.4 Å². The molecule has 5 rings (SSSR count). The van der Waals surface area contributed by atoms with Gasteiger partial charge in [0.2, 0.25) is 0 Å². The van der Waals surface area contributed by atoms with Crippen LogP contribution in [0.3, 0.4) is 0 Å². The molecule has 0 radical (unpaired) electrons. The van der Waals surface area contributed by atoms with Crippen LogP contribution in [0.5, 0.6) is 0 Å². The molecule has 1 aromatic heterocycles. The highest BCUT2D eigenvalue weighted by molar-refractivity contribution is 9.10. The van der Waals surface area contributed by atoms with Crippen LogP contribution < -0.4 is 5.32 Å². The van der Waals surface area contributed by atoms with Gasteiger partial charge in [-0.3, -0.25) is 9.59 Å². The molecule has 3 aliphatic rings. The molecule has 3 fully saturated rings. The van der Waals surface area contributed by atoms with E-state index < -0.39 is 11.7 Å². The molecule has 126 valence electrons. The Balaban J connectivity index is 1.57. The Labute approximate surface area is 149 Å². The number of piperidine rings is 3. The average Bonchev–Trinajstić information content (AvgIpc) is 2.91. The number of carbonyl (C=O) groups excluding carboxylic acids is 2. The van der Waals surface area contributed by atoms with Gasteiger partial charge in [-0.15, -0.1) is 0 Å². The molecule has 2 bridgehead atoms. The van der Waals surface area contributed by atoms with Gasteiger partial charge in [0.25, 0.3) is 11.7 Å². The smallest absolute Gasteiger partial charge is 0.292 e. The molecular formula is C18H20BrN3O2. The first-order valence-corrected chi connectivity index (χ1v) is 9.14. The number of halogens is 1. The SMILES string of the molecule is Cn1cc(C(=O)C(=O)N[C@@H]2CN3CCC2CC3)c2cc(Br)ccc21. The number of aromatic nitrogens is 1. The summed E-state index contributed by atoms with van der Waals surface area (Å²) in [7, 11) is 1.89. The lowest BCUT2D eigenvalue weighted by Crippen LogP contribution is -2.58. The fraction of sp³-hybridized carbons (Fsp3) is 0.444. The number of aryl methyl sites for hydroxylation is 1. The number of carbonyl (C=O) groups is 2. The van der Waals surface area contributed by atoms with Crippen LogP contribution in [-0.2, 0) is 11.8 Å². The van der Waals surface area contributed by atoms with E-state index in [0.717, 1.165) is 47.9 Å². The summed E-state index contributed by atoms with van der Waals surface area (Å²) in [6.07, 6.45) is 3.97. The number of nitrogens with zero attached hydrogens (tertiary/aromatic N) is 2. The first kappa shape index (κ1) is 15.8. The van der Waals surface area contributed by atoms with Gasteiger partial charge in [-0.25, -0.2) is 0 Å². The number of amides is 1. The monoisotopic (exact) mass is 389 g/mol. The minimum atomic E-state index is -0.485. The Bertz CT molecular complexity index is 821. The van der Waals surface area contributed by atoms with Crippen molar-refractivity contribution in [3.63, 3.8) is 0 Å². The van der Waals surface area contributed by atoms with Crippen LogP contribution in [0.1, 0.15) is 23.2 Å². The number of ketones is 1. The zero-order valence-electron chi connectivity index (χ0n) is 13.6.